The number of nitrogens with zero attached hydrogens (tertiary/aromatic N) is 3. The van der Waals surface area contributed by atoms with Gasteiger partial charge in [0.1, 0.15) is 11.9 Å². The Hall–Kier alpha value is -3.23. The van der Waals surface area contributed by atoms with Crippen LogP contribution in [0.4, 0.5) is 23.2 Å². The van der Waals surface area contributed by atoms with E-state index in [1.807, 2.05) is 18.3 Å². The summed E-state index contributed by atoms with van der Waals surface area (Å²) in [7, 11) is 0. The highest BCUT2D eigenvalue weighted by molar-refractivity contribution is 7.10. The maximum absolute atomic E-state index is 14.0. The number of aromatic nitrogens is 1. The van der Waals surface area contributed by atoms with Gasteiger partial charge in [0.25, 0.3) is 0 Å². The van der Waals surface area contributed by atoms with E-state index in [4.69, 9.17) is 9.90 Å². The monoisotopic (exact) mass is 494 g/mol. The van der Waals surface area contributed by atoms with Crippen molar-refractivity contribution in [1.29, 1.82) is 5.26 Å². The molecule has 6 nitrogen and oxygen atoms in total. The number of hydrogen-bond acceptors (Lipinski definition) is 6. The molecular formula is C23H22F4N4O2S. The normalized spacial score (nSPS) is 14.5. The number of hydrogen-bond donors (Lipinski definition) is 2. The van der Waals surface area contributed by atoms with Gasteiger partial charge in [-0.25, -0.2) is 9.18 Å². The first-order valence-electron chi connectivity index (χ1n) is 10.3. The topological polar surface area (TPSA) is 89.3 Å². The van der Waals surface area contributed by atoms with Gasteiger partial charge in [-0.1, -0.05) is 0 Å². The maximum atomic E-state index is 14.0. The zero-order valence-electron chi connectivity index (χ0n) is 18.4. The number of rotatable bonds is 4. The zero-order valence-corrected chi connectivity index (χ0v) is 19.2. The summed E-state index contributed by atoms with van der Waals surface area (Å²) in [5, 5.41) is 22.8. The Bertz CT molecular complexity index is 1240. The third-order valence-corrected chi connectivity index (χ3v) is 6.55. The maximum Gasteiger partial charge on any atom is 0.490 e. The summed E-state index contributed by atoms with van der Waals surface area (Å²) in [5.41, 5.74) is 4.03. The van der Waals surface area contributed by atoms with Gasteiger partial charge in [0.05, 0.1) is 16.8 Å². The van der Waals surface area contributed by atoms with Crippen LogP contribution in [-0.2, 0) is 17.8 Å². The molecule has 0 saturated heterocycles. The Morgan fingerprint density at radius 3 is 2.76 bits per heavy atom. The minimum atomic E-state index is -5.08. The van der Waals surface area contributed by atoms with Crippen LogP contribution in [0, 0.1) is 24.1 Å². The number of carboxylic acid groups (broad SMARTS) is 1. The second-order valence-corrected chi connectivity index (χ2v) is 8.90. The van der Waals surface area contributed by atoms with Crippen LogP contribution in [0.1, 0.15) is 28.5 Å². The number of aryl methyl sites for hydroxylation is 1. The van der Waals surface area contributed by atoms with Crippen LogP contribution in [0.15, 0.2) is 29.8 Å². The molecule has 0 saturated carbocycles. The van der Waals surface area contributed by atoms with Crippen molar-refractivity contribution in [2.75, 3.05) is 18.4 Å². The fraction of sp³-hybridized carbons (Fsp3) is 0.348. The minimum absolute atomic E-state index is 0.294. The molecule has 0 amide bonds. The number of halogens is 4. The Morgan fingerprint density at radius 2 is 2.12 bits per heavy atom. The minimum Gasteiger partial charge on any atom is -0.475 e. The standard InChI is InChI=1S/C21H21FN4S.C2HF3O2/c1-13-7-17(22)8-18-20(13)25-11-16(9-23)21(18)24-10-14(2)26-5-3-19-15(12-26)4-6-27-19;3-2(4,5)1(6)7/h4,6-8,11,14H,3,5,10,12H2,1-2H3,(H,24,25);(H,6,7). The molecular weight excluding hydrogens is 472 g/mol. The molecule has 180 valence electrons. The van der Waals surface area contributed by atoms with Crippen molar-refractivity contribution in [1.82, 2.24) is 9.88 Å². The molecule has 1 aromatic carbocycles. The van der Waals surface area contributed by atoms with Crippen molar-refractivity contribution in [3.05, 3.63) is 57.2 Å². The van der Waals surface area contributed by atoms with Crippen LogP contribution in [0.2, 0.25) is 0 Å². The van der Waals surface area contributed by atoms with Gasteiger partial charge >= 0.3 is 12.1 Å². The number of thiophene rings is 1. The molecule has 0 radical (unpaired) electrons. The highest BCUT2D eigenvalue weighted by atomic mass is 32.1. The lowest BCUT2D eigenvalue weighted by Crippen LogP contribution is -2.40. The van der Waals surface area contributed by atoms with E-state index in [-0.39, 0.29) is 5.82 Å². The van der Waals surface area contributed by atoms with E-state index in [0.29, 0.717) is 29.2 Å². The van der Waals surface area contributed by atoms with Crippen molar-refractivity contribution >= 4 is 33.9 Å². The lowest BCUT2D eigenvalue weighted by Gasteiger charge is -2.32. The van der Waals surface area contributed by atoms with Crippen LogP contribution in [0.25, 0.3) is 10.9 Å². The van der Waals surface area contributed by atoms with E-state index in [2.05, 4.69) is 39.6 Å². The highest BCUT2D eigenvalue weighted by Gasteiger charge is 2.38. The van der Waals surface area contributed by atoms with Gasteiger partial charge in [0.2, 0.25) is 0 Å². The number of fused-ring (bicyclic) bond motifs is 2. The number of aliphatic carboxylic acids is 1. The molecule has 1 unspecified atom stereocenters. The Morgan fingerprint density at radius 1 is 1.41 bits per heavy atom. The fourth-order valence-electron chi connectivity index (χ4n) is 3.74. The summed E-state index contributed by atoms with van der Waals surface area (Å²) in [6, 6.07) is 7.62. The van der Waals surface area contributed by atoms with Crippen LogP contribution >= 0.6 is 11.3 Å². The van der Waals surface area contributed by atoms with Crippen molar-refractivity contribution in [3.63, 3.8) is 0 Å². The quantitative estimate of drug-likeness (QED) is 0.490. The molecule has 0 spiro atoms. The van der Waals surface area contributed by atoms with Gasteiger partial charge in [0.15, 0.2) is 0 Å². The first-order valence-corrected chi connectivity index (χ1v) is 11.2. The average molecular weight is 495 g/mol. The second kappa shape index (κ2) is 10.4. The molecule has 11 heteroatoms. The van der Waals surface area contributed by atoms with Crippen molar-refractivity contribution < 1.29 is 27.5 Å². The number of benzene rings is 1. The van der Waals surface area contributed by atoms with Gasteiger partial charge in [-0.2, -0.15) is 18.4 Å². The van der Waals surface area contributed by atoms with Gasteiger partial charge in [-0.05, 0) is 55.0 Å². The summed E-state index contributed by atoms with van der Waals surface area (Å²) in [4.78, 5) is 17.2. The van der Waals surface area contributed by atoms with E-state index < -0.39 is 12.1 Å². The predicted octanol–water partition coefficient (Wildman–Crippen LogP) is 5.11. The first kappa shape index (κ1) is 25.4. The smallest absolute Gasteiger partial charge is 0.475 e. The van der Waals surface area contributed by atoms with E-state index in [0.717, 1.165) is 30.6 Å². The van der Waals surface area contributed by atoms with Crippen LogP contribution in [-0.4, -0.2) is 46.3 Å². The molecule has 0 aliphatic carbocycles. The Labute approximate surface area is 197 Å². The van der Waals surface area contributed by atoms with E-state index >= 15 is 0 Å². The van der Waals surface area contributed by atoms with Crippen molar-refractivity contribution in [2.24, 2.45) is 0 Å². The number of alkyl halides is 3. The number of nitriles is 1. The van der Waals surface area contributed by atoms with Gasteiger partial charge < -0.3 is 10.4 Å². The number of carboxylic acids is 1. The summed E-state index contributed by atoms with van der Waals surface area (Å²) < 4.78 is 45.7. The lowest BCUT2D eigenvalue weighted by atomic mass is 10.1. The van der Waals surface area contributed by atoms with Gasteiger partial charge in [-0.15, -0.1) is 11.3 Å². The molecule has 3 aromatic rings. The van der Waals surface area contributed by atoms with E-state index in [9.17, 15) is 22.8 Å². The summed E-state index contributed by atoms with van der Waals surface area (Å²) >= 11 is 1.84. The zero-order chi connectivity index (χ0) is 25.0. The number of nitrogens with one attached hydrogen (secondary N) is 1. The van der Waals surface area contributed by atoms with Crippen LogP contribution in [0.3, 0.4) is 0 Å². The molecule has 2 aromatic heterocycles. The molecule has 1 aliphatic heterocycles. The summed E-state index contributed by atoms with van der Waals surface area (Å²) in [5.74, 6) is -3.07. The van der Waals surface area contributed by atoms with Crippen LogP contribution < -0.4 is 5.32 Å². The molecule has 3 heterocycles. The van der Waals surface area contributed by atoms with Gasteiger partial charge in [0, 0.05) is 42.1 Å². The Kier molecular flexibility index (Phi) is 7.74. The molecule has 2 N–H and O–H groups in total. The molecule has 0 fully saturated rings. The first-order chi connectivity index (χ1) is 16.0. The predicted molar refractivity (Wildman–Crippen MR) is 121 cm³/mol. The molecule has 1 aliphatic rings. The molecule has 0 bridgehead atoms. The summed E-state index contributed by atoms with van der Waals surface area (Å²) in [6.45, 7) is 6.70. The fourth-order valence-corrected chi connectivity index (χ4v) is 4.63. The second-order valence-electron chi connectivity index (χ2n) is 7.90. The van der Waals surface area contributed by atoms with E-state index in [1.54, 1.807) is 6.20 Å². The number of anilines is 1. The molecule has 1 atom stereocenters. The lowest BCUT2D eigenvalue weighted by molar-refractivity contribution is -0.192. The van der Waals surface area contributed by atoms with Crippen molar-refractivity contribution in [2.45, 2.75) is 39.0 Å². The van der Waals surface area contributed by atoms with Crippen molar-refractivity contribution in [3.8, 4) is 6.07 Å². The van der Waals surface area contributed by atoms with E-state index in [1.165, 1.54) is 22.6 Å². The SMILES string of the molecule is Cc1cc(F)cc2c(NCC(C)N3CCc4sccc4C3)c(C#N)cnc12.O=C(O)C(F)(F)F. The summed E-state index contributed by atoms with van der Waals surface area (Å²) in [6.07, 6.45) is -2.43. The average Bonchev–Trinajstić information content (AvgIpc) is 3.24. The van der Waals surface area contributed by atoms with Crippen LogP contribution in [0.5, 0.6) is 0 Å². The number of carbonyl (C=O) groups is 1. The Balaban J connectivity index is 0.000000406. The third-order valence-electron chi connectivity index (χ3n) is 5.52. The molecule has 34 heavy (non-hydrogen) atoms. The number of pyridine rings is 1. The third kappa shape index (κ3) is 5.81. The highest BCUT2D eigenvalue weighted by Crippen LogP contribution is 2.29. The largest absolute Gasteiger partial charge is 0.490 e. The van der Waals surface area contributed by atoms with Gasteiger partial charge in [-0.3, -0.25) is 9.88 Å². The molecule has 4 rings (SSSR count).